The van der Waals surface area contributed by atoms with Gasteiger partial charge in [0.05, 0.1) is 5.69 Å². The normalized spacial score (nSPS) is 17.3. The van der Waals surface area contributed by atoms with Gasteiger partial charge in [0.2, 0.25) is 0 Å². The molecule has 1 N–H and O–H groups in total. The second-order valence-corrected chi connectivity index (χ2v) is 5.87. The Morgan fingerprint density at radius 3 is 2.67 bits per heavy atom. The van der Waals surface area contributed by atoms with E-state index in [2.05, 4.69) is 49.7 Å². The van der Waals surface area contributed by atoms with Crippen molar-refractivity contribution >= 4 is 0 Å². The fraction of sp³-hybridized carbons (Fsp3) is 0.786. The Hall–Kier alpha value is -0.870. The van der Waals surface area contributed by atoms with E-state index in [4.69, 9.17) is 4.98 Å². The Bertz CT molecular complexity index is 406. The van der Waals surface area contributed by atoms with E-state index in [0.29, 0.717) is 12.0 Å². The molecule has 1 aromatic heterocycles. The second-order valence-electron chi connectivity index (χ2n) is 5.87. The van der Waals surface area contributed by atoms with E-state index < -0.39 is 0 Å². The lowest BCUT2D eigenvalue weighted by Gasteiger charge is -2.24. The Kier molecular flexibility index (Phi) is 4.07. The maximum atomic E-state index is 4.84. The zero-order chi connectivity index (χ0) is 13.3. The summed E-state index contributed by atoms with van der Waals surface area (Å²) >= 11 is 0. The van der Waals surface area contributed by atoms with Crippen molar-refractivity contribution in [2.24, 2.45) is 0 Å². The van der Waals surface area contributed by atoms with E-state index in [1.807, 2.05) is 0 Å². The molecule has 0 saturated carbocycles. The molecule has 0 saturated heterocycles. The topological polar surface area (TPSA) is 33.1 Å². The molecule has 2 heterocycles. The zero-order valence-corrected chi connectivity index (χ0v) is 12.3. The van der Waals surface area contributed by atoms with Gasteiger partial charge in [0.25, 0.3) is 0 Å². The van der Waals surface area contributed by atoms with Crippen LogP contribution in [-0.2, 0) is 19.5 Å². The highest BCUT2D eigenvalue weighted by Crippen LogP contribution is 2.22. The molecule has 4 heteroatoms. The Balaban J connectivity index is 2.33. The highest BCUT2D eigenvalue weighted by molar-refractivity contribution is 5.22. The van der Waals surface area contributed by atoms with Gasteiger partial charge in [0.1, 0.15) is 5.82 Å². The van der Waals surface area contributed by atoms with Crippen LogP contribution in [0.4, 0.5) is 0 Å². The number of hydrogen-bond donors (Lipinski definition) is 1. The molecule has 1 aromatic rings. The average molecular weight is 250 g/mol. The summed E-state index contributed by atoms with van der Waals surface area (Å²) in [7, 11) is 4.29. The lowest BCUT2D eigenvalue weighted by Crippen LogP contribution is -2.32. The van der Waals surface area contributed by atoms with Crippen LogP contribution in [0.15, 0.2) is 0 Å². The molecule has 1 aliphatic heterocycles. The van der Waals surface area contributed by atoms with E-state index in [9.17, 15) is 0 Å². The summed E-state index contributed by atoms with van der Waals surface area (Å²) in [5, 5.41) is 3.41. The van der Waals surface area contributed by atoms with Crippen LogP contribution in [0.1, 0.15) is 43.9 Å². The Labute approximate surface area is 110 Å². The summed E-state index contributed by atoms with van der Waals surface area (Å²) in [4.78, 5) is 7.12. The first kappa shape index (κ1) is 13.6. The molecule has 0 aromatic carbocycles. The number of likely N-dealkylation sites (N-methyl/N-ethyl adjacent to an activating group) is 1. The molecule has 0 fully saturated rings. The summed E-state index contributed by atoms with van der Waals surface area (Å²) < 4.78 is 2.46. The summed E-state index contributed by atoms with van der Waals surface area (Å²) in [6.45, 7) is 9.79. The molecule has 18 heavy (non-hydrogen) atoms. The molecule has 1 aliphatic rings. The van der Waals surface area contributed by atoms with Gasteiger partial charge >= 0.3 is 0 Å². The van der Waals surface area contributed by atoms with Crippen molar-refractivity contribution in [3.63, 3.8) is 0 Å². The number of rotatable bonds is 4. The monoisotopic (exact) mass is 250 g/mol. The number of hydrogen-bond acceptors (Lipinski definition) is 3. The first-order chi connectivity index (χ1) is 8.50. The van der Waals surface area contributed by atoms with E-state index in [-0.39, 0.29) is 0 Å². The average Bonchev–Trinajstić information content (AvgIpc) is 2.68. The van der Waals surface area contributed by atoms with Crippen molar-refractivity contribution in [1.29, 1.82) is 0 Å². The minimum Gasteiger partial charge on any atom is -0.330 e. The number of imidazole rings is 1. The lowest BCUT2D eigenvalue weighted by atomic mass is 10.1. The van der Waals surface area contributed by atoms with Gasteiger partial charge < -0.3 is 14.8 Å². The first-order valence-electron chi connectivity index (χ1n) is 6.96. The fourth-order valence-electron chi connectivity index (χ4n) is 2.46. The molecule has 4 nitrogen and oxygen atoms in total. The molecular formula is C14H26N4. The molecule has 0 radical (unpaired) electrons. The number of nitrogens with one attached hydrogen (secondary N) is 1. The minimum absolute atomic E-state index is 0.491. The molecule has 1 unspecified atom stereocenters. The quantitative estimate of drug-likeness (QED) is 0.881. The van der Waals surface area contributed by atoms with Gasteiger partial charge in [-0.25, -0.2) is 4.98 Å². The highest BCUT2D eigenvalue weighted by atomic mass is 15.2. The van der Waals surface area contributed by atoms with Crippen molar-refractivity contribution in [3.8, 4) is 0 Å². The molecule has 0 spiro atoms. The van der Waals surface area contributed by atoms with Crippen molar-refractivity contribution in [2.75, 3.05) is 20.6 Å². The predicted octanol–water partition coefficient (Wildman–Crippen LogP) is 1.60. The molecule has 1 atom stereocenters. The van der Waals surface area contributed by atoms with Gasteiger partial charge in [0.15, 0.2) is 0 Å². The predicted molar refractivity (Wildman–Crippen MR) is 74.9 cm³/mol. The van der Waals surface area contributed by atoms with Crippen molar-refractivity contribution in [2.45, 2.75) is 52.2 Å². The van der Waals surface area contributed by atoms with Crippen LogP contribution >= 0.6 is 0 Å². The van der Waals surface area contributed by atoms with Crippen molar-refractivity contribution < 1.29 is 0 Å². The van der Waals surface area contributed by atoms with Crippen LogP contribution < -0.4 is 5.32 Å². The smallest absolute Gasteiger partial charge is 0.111 e. The summed E-state index contributed by atoms with van der Waals surface area (Å²) in [6, 6.07) is 0.538. The highest BCUT2D eigenvalue weighted by Gasteiger charge is 2.22. The zero-order valence-electron chi connectivity index (χ0n) is 12.3. The van der Waals surface area contributed by atoms with Crippen LogP contribution in [-0.4, -0.2) is 41.1 Å². The fourth-order valence-corrected chi connectivity index (χ4v) is 2.46. The van der Waals surface area contributed by atoms with Gasteiger partial charge in [0, 0.05) is 43.7 Å². The van der Waals surface area contributed by atoms with Gasteiger partial charge in [-0.05, 0) is 21.0 Å². The third-order valence-corrected chi connectivity index (χ3v) is 3.86. The van der Waals surface area contributed by atoms with Crippen LogP contribution in [0.25, 0.3) is 0 Å². The van der Waals surface area contributed by atoms with Gasteiger partial charge in [-0.3, -0.25) is 0 Å². The Morgan fingerprint density at radius 1 is 1.33 bits per heavy atom. The van der Waals surface area contributed by atoms with Crippen LogP contribution in [0.5, 0.6) is 0 Å². The van der Waals surface area contributed by atoms with Gasteiger partial charge in [-0.15, -0.1) is 0 Å². The van der Waals surface area contributed by atoms with Gasteiger partial charge in [-0.2, -0.15) is 0 Å². The molecular weight excluding hydrogens is 224 g/mol. The Morgan fingerprint density at radius 2 is 2.06 bits per heavy atom. The molecule has 102 valence electrons. The largest absolute Gasteiger partial charge is 0.330 e. The van der Waals surface area contributed by atoms with Crippen molar-refractivity contribution in [1.82, 2.24) is 19.8 Å². The SMILES string of the molecule is CC(C)c1nc2c(n1CC(C)N(C)C)CCNC2. The van der Waals surface area contributed by atoms with E-state index in [1.54, 1.807) is 0 Å². The number of fused-ring (bicyclic) bond motifs is 1. The van der Waals surface area contributed by atoms with E-state index in [1.165, 1.54) is 17.2 Å². The molecule has 0 aliphatic carbocycles. The van der Waals surface area contributed by atoms with Crippen LogP contribution in [0.2, 0.25) is 0 Å². The maximum Gasteiger partial charge on any atom is 0.111 e. The van der Waals surface area contributed by atoms with E-state index >= 15 is 0 Å². The number of nitrogens with zero attached hydrogens (tertiary/aromatic N) is 3. The lowest BCUT2D eigenvalue weighted by molar-refractivity contribution is 0.278. The molecule has 2 rings (SSSR count). The summed E-state index contributed by atoms with van der Waals surface area (Å²) in [6.07, 6.45) is 1.11. The van der Waals surface area contributed by atoms with Crippen molar-refractivity contribution in [3.05, 3.63) is 17.2 Å². The second kappa shape index (κ2) is 5.41. The van der Waals surface area contributed by atoms with Crippen LogP contribution in [0, 0.1) is 0 Å². The molecule has 0 amide bonds. The number of aromatic nitrogens is 2. The standard InChI is InChI=1S/C14H26N4/c1-10(2)14-16-12-8-15-7-6-13(12)18(14)9-11(3)17(4)5/h10-11,15H,6-9H2,1-5H3. The minimum atomic E-state index is 0.491. The third-order valence-electron chi connectivity index (χ3n) is 3.86. The summed E-state index contributed by atoms with van der Waals surface area (Å²) in [5.41, 5.74) is 2.71. The van der Waals surface area contributed by atoms with E-state index in [0.717, 1.165) is 26.1 Å². The van der Waals surface area contributed by atoms with Crippen LogP contribution in [0.3, 0.4) is 0 Å². The summed E-state index contributed by atoms with van der Waals surface area (Å²) in [5.74, 6) is 1.74. The first-order valence-corrected chi connectivity index (χ1v) is 6.96. The third kappa shape index (κ3) is 2.59. The maximum absolute atomic E-state index is 4.84. The molecule has 0 bridgehead atoms. The van der Waals surface area contributed by atoms with Gasteiger partial charge in [-0.1, -0.05) is 13.8 Å².